The number of rotatable bonds is 64. The molecule has 0 saturated carbocycles. The fraction of sp³-hybridized carbons (Fsp3) is 0.847. The van der Waals surface area contributed by atoms with Gasteiger partial charge in [0.25, 0.3) is 0 Å². The van der Waals surface area contributed by atoms with E-state index in [1.54, 1.807) is 0 Å². The second-order valence-electron chi connectivity index (χ2n) is 23.4. The molecule has 0 aromatic carbocycles. The van der Waals surface area contributed by atoms with E-state index in [4.69, 9.17) is 14.2 Å². The topological polar surface area (TPSA) is 78.9 Å². The molecule has 0 fully saturated rings. The van der Waals surface area contributed by atoms with Gasteiger partial charge in [0.05, 0.1) is 0 Å². The largest absolute Gasteiger partial charge is 0.462 e. The lowest BCUT2D eigenvalue weighted by atomic mass is 10.0. The highest BCUT2D eigenvalue weighted by atomic mass is 16.6. The van der Waals surface area contributed by atoms with Crippen LogP contribution in [0.25, 0.3) is 0 Å². The van der Waals surface area contributed by atoms with Gasteiger partial charge < -0.3 is 14.2 Å². The van der Waals surface area contributed by atoms with Crippen LogP contribution in [0, 0.1) is 0 Å². The molecule has 0 bridgehead atoms. The molecule has 0 radical (unpaired) electrons. The van der Waals surface area contributed by atoms with E-state index in [0.29, 0.717) is 19.3 Å². The number of unbranched alkanes of at least 4 members (excludes halogenated alkanes) is 45. The Balaban J connectivity index is 4.30. The molecule has 0 spiro atoms. The van der Waals surface area contributed by atoms with Gasteiger partial charge in [0, 0.05) is 19.3 Å². The molecule has 78 heavy (non-hydrogen) atoms. The zero-order valence-electron chi connectivity index (χ0n) is 52.5. The fourth-order valence-corrected chi connectivity index (χ4v) is 10.3. The second-order valence-corrected chi connectivity index (χ2v) is 23.4. The first-order valence-corrected chi connectivity index (χ1v) is 34.6. The van der Waals surface area contributed by atoms with Gasteiger partial charge in [0.1, 0.15) is 13.2 Å². The minimum atomic E-state index is -0.783. The standard InChI is InChI=1S/C72H132O6/c1-4-7-10-13-16-19-22-25-28-31-33-34-35-36-37-38-40-41-44-47-50-53-56-59-62-65-71(74)77-68-69(67-76-70(73)64-61-58-55-52-49-46-43-30-27-24-21-18-15-12-9-6-3)78-72(75)66-63-60-57-54-51-48-45-42-39-32-29-26-23-20-17-14-11-8-5-2/h17,20,26,29-30,39,42-43,69H,4-16,18-19,21-25,27-28,31-38,40-41,44-68H2,1-3H3/b20-17-,29-26-,42-39-,43-30-. The van der Waals surface area contributed by atoms with Crippen molar-refractivity contribution in [2.24, 2.45) is 0 Å². The molecule has 0 aliphatic carbocycles. The van der Waals surface area contributed by atoms with Crippen molar-refractivity contribution in [3.63, 3.8) is 0 Å². The minimum absolute atomic E-state index is 0.0773. The lowest BCUT2D eigenvalue weighted by Crippen LogP contribution is -2.30. The Hall–Kier alpha value is -2.63. The lowest BCUT2D eigenvalue weighted by molar-refractivity contribution is -0.167. The molecule has 6 nitrogen and oxygen atoms in total. The predicted octanol–water partition coefficient (Wildman–Crippen LogP) is 23.7. The van der Waals surface area contributed by atoms with E-state index in [1.165, 1.54) is 244 Å². The third kappa shape index (κ3) is 64.2. The van der Waals surface area contributed by atoms with Crippen molar-refractivity contribution >= 4 is 17.9 Å². The average Bonchev–Trinajstić information content (AvgIpc) is 3.44. The van der Waals surface area contributed by atoms with Crippen molar-refractivity contribution in [3.8, 4) is 0 Å². The van der Waals surface area contributed by atoms with Crippen LogP contribution in [-0.4, -0.2) is 37.2 Å². The van der Waals surface area contributed by atoms with Gasteiger partial charge in [-0.05, 0) is 83.5 Å². The smallest absolute Gasteiger partial charge is 0.306 e. The molecule has 1 unspecified atom stereocenters. The van der Waals surface area contributed by atoms with Gasteiger partial charge in [-0.25, -0.2) is 0 Å². The Labute approximate surface area is 486 Å². The van der Waals surface area contributed by atoms with Crippen LogP contribution < -0.4 is 0 Å². The van der Waals surface area contributed by atoms with Crippen LogP contribution in [0.5, 0.6) is 0 Å². The predicted molar refractivity (Wildman–Crippen MR) is 339 cm³/mol. The maximum atomic E-state index is 12.9. The molecule has 456 valence electrons. The molecule has 0 heterocycles. The Bertz CT molecular complexity index is 1350. The number of carbonyl (C=O) groups excluding carboxylic acids is 3. The van der Waals surface area contributed by atoms with Crippen molar-refractivity contribution < 1.29 is 28.6 Å². The molecule has 0 aromatic rings. The van der Waals surface area contributed by atoms with Crippen molar-refractivity contribution in [2.45, 2.75) is 380 Å². The van der Waals surface area contributed by atoms with E-state index in [9.17, 15) is 14.4 Å². The maximum Gasteiger partial charge on any atom is 0.306 e. The van der Waals surface area contributed by atoms with Gasteiger partial charge in [-0.15, -0.1) is 0 Å². The Morgan fingerprint density at radius 3 is 0.756 bits per heavy atom. The monoisotopic (exact) mass is 1090 g/mol. The molecule has 0 aliphatic heterocycles. The maximum absolute atomic E-state index is 12.9. The van der Waals surface area contributed by atoms with Crippen LogP contribution in [0.15, 0.2) is 48.6 Å². The fourth-order valence-electron chi connectivity index (χ4n) is 10.3. The van der Waals surface area contributed by atoms with E-state index in [1.807, 2.05) is 0 Å². The summed E-state index contributed by atoms with van der Waals surface area (Å²) < 4.78 is 17.0. The van der Waals surface area contributed by atoms with Crippen molar-refractivity contribution in [3.05, 3.63) is 48.6 Å². The quantitative estimate of drug-likeness (QED) is 0.0261. The van der Waals surface area contributed by atoms with Gasteiger partial charge in [0.2, 0.25) is 0 Å². The number of hydrogen-bond acceptors (Lipinski definition) is 6. The SMILES string of the molecule is CCCCC/C=C\C/C=C\C/C=C\CCCCCCCCC(=O)OC(COC(=O)CCCCCCC/C=C\CCCCCCCCC)COC(=O)CCCCCCCCCCCCCCCCCCCCCCCCCCC. The Morgan fingerprint density at radius 2 is 0.462 bits per heavy atom. The molecular weight excluding hydrogens is 961 g/mol. The number of esters is 3. The average molecular weight is 1090 g/mol. The molecular formula is C72H132O6. The van der Waals surface area contributed by atoms with Crippen molar-refractivity contribution in [1.82, 2.24) is 0 Å². The molecule has 6 heteroatoms. The first-order chi connectivity index (χ1) is 38.5. The van der Waals surface area contributed by atoms with Crippen LogP contribution in [-0.2, 0) is 28.6 Å². The highest BCUT2D eigenvalue weighted by Gasteiger charge is 2.19. The summed E-state index contributed by atoms with van der Waals surface area (Å²) >= 11 is 0. The first-order valence-electron chi connectivity index (χ1n) is 34.6. The molecule has 0 aliphatic rings. The molecule has 0 amide bonds. The van der Waals surface area contributed by atoms with Crippen LogP contribution in [0.2, 0.25) is 0 Å². The van der Waals surface area contributed by atoms with Gasteiger partial charge in [-0.2, -0.15) is 0 Å². The molecule has 0 aromatic heterocycles. The van der Waals surface area contributed by atoms with E-state index in [-0.39, 0.29) is 31.1 Å². The number of hydrogen-bond donors (Lipinski definition) is 0. The van der Waals surface area contributed by atoms with Gasteiger partial charge in [0.15, 0.2) is 6.10 Å². The molecule has 0 saturated heterocycles. The summed E-state index contributed by atoms with van der Waals surface area (Å²) in [5.74, 6) is -0.874. The summed E-state index contributed by atoms with van der Waals surface area (Å²) in [7, 11) is 0. The van der Waals surface area contributed by atoms with Gasteiger partial charge in [-0.1, -0.05) is 320 Å². The number of ether oxygens (including phenoxy) is 3. The third-order valence-electron chi connectivity index (χ3n) is 15.6. The summed E-state index contributed by atoms with van der Waals surface area (Å²) in [4.78, 5) is 38.4. The van der Waals surface area contributed by atoms with E-state index in [2.05, 4.69) is 69.4 Å². The normalized spacial score (nSPS) is 12.3. The third-order valence-corrected chi connectivity index (χ3v) is 15.6. The number of allylic oxidation sites excluding steroid dienone is 8. The Morgan fingerprint density at radius 1 is 0.256 bits per heavy atom. The highest BCUT2D eigenvalue weighted by molar-refractivity contribution is 5.71. The van der Waals surface area contributed by atoms with Crippen LogP contribution in [0.1, 0.15) is 374 Å². The van der Waals surface area contributed by atoms with E-state index >= 15 is 0 Å². The second kappa shape index (κ2) is 66.9. The zero-order chi connectivity index (χ0) is 56.4. The molecule has 0 N–H and O–H groups in total. The van der Waals surface area contributed by atoms with Crippen molar-refractivity contribution in [2.75, 3.05) is 13.2 Å². The van der Waals surface area contributed by atoms with Crippen LogP contribution >= 0.6 is 0 Å². The number of carbonyl (C=O) groups is 3. The summed E-state index contributed by atoms with van der Waals surface area (Å²) in [5, 5.41) is 0. The van der Waals surface area contributed by atoms with E-state index in [0.717, 1.165) is 89.9 Å². The van der Waals surface area contributed by atoms with Crippen LogP contribution in [0.4, 0.5) is 0 Å². The zero-order valence-corrected chi connectivity index (χ0v) is 52.5. The Kier molecular flexibility index (Phi) is 64.6. The summed E-state index contributed by atoms with van der Waals surface area (Å²) in [6, 6.07) is 0. The summed E-state index contributed by atoms with van der Waals surface area (Å²) in [5.41, 5.74) is 0. The van der Waals surface area contributed by atoms with Crippen molar-refractivity contribution in [1.29, 1.82) is 0 Å². The van der Waals surface area contributed by atoms with Gasteiger partial charge >= 0.3 is 17.9 Å². The highest BCUT2D eigenvalue weighted by Crippen LogP contribution is 2.18. The minimum Gasteiger partial charge on any atom is -0.462 e. The van der Waals surface area contributed by atoms with Crippen LogP contribution in [0.3, 0.4) is 0 Å². The summed E-state index contributed by atoms with van der Waals surface area (Å²) in [6.45, 7) is 6.66. The van der Waals surface area contributed by atoms with Gasteiger partial charge in [-0.3, -0.25) is 14.4 Å². The summed E-state index contributed by atoms with van der Waals surface area (Å²) in [6.07, 6.45) is 84.2. The molecule has 1 atom stereocenters. The lowest BCUT2D eigenvalue weighted by Gasteiger charge is -2.18. The molecule has 0 rings (SSSR count). The van der Waals surface area contributed by atoms with E-state index < -0.39 is 6.10 Å². The first kappa shape index (κ1) is 75.4.